The van der Waals surface area contributed by atoms with Crippen LogP contribution in [0.3, 0.4) is 0 Å². The Morgan fingerprint density at radius 1 is 1.03 bits per heavy atom. The molecule has 2 rings (SSSR count). The molecule has 0 aliphatic carbocycles. The number of hydrogen-bond acceptors (Lipinski definition) is 7. The maximum absolute atomic E-state index is 11.4. The number of hydrogen-bond donors (Lipinski definition) is 4. The third-order valence-electron chi connectivity index (χ3n) is 5.76. The molecular weight excluding hydrogens is 386 g/mol. The van der Waals surface area contributed by atoms with Crippen molar-refractivity contribution in [1.82, 2.24) is 25.2 Å². The molecule has 4 N–H and O–H groups in total. The summed E-state index contributed by atoms with van der Waals surface area (Å²) in [7, 11) is 0. The number of aliphatic hydroxyl groups is 3. The molecule has 30 heavy (non-hydrogen) atoms. The van der Waals surface area contributed by atoms with Crippen LogP contribution in [0, 0.1) is 0 Å². The fourth-order valence-electron chi connectivity index (χ4n) is 3.98. The predicted molar refractivity (Wildman–Crippen MR) is 114 cm³/mol. The van der Waals surface area contributed by atoms with Crippen molar-refractivity contribution >= 4 is 5.91 Å². The molecule has 9 nitrogen and oxygen atoms in total. The summed E-state index contributed by atoms with van der Waals surface area (Å²) in [5.41, 5.74) is 1.04. The molecule has 9 heteroatoms. The van der Waals surface area contributed by atoms with E-state index in [4.69, 9.17) is 0 Å². The van der Waals surface area contributed by atoms with Gasteiger partial charge in [-0.1, -0.05) is 44.2 Å². The SMILES string of the molecule is CCc1cn(CCCCCCCCCN2C[C@H](NC(C)=O)[C@@H](O)[C@H](O)[C@@H](O)C2)nn1. The Morgan fingerprint density at radius 2 is 1.67 bits per heavy atom. The molecule has 2 heterocycles. The molecule has 0 saturated carbocycles. The van der Waals surface area contributed by atoms with E-state index in [9.17, 15) is 20.1 Å². The van der Waals surface area contributed by atoms with E-state index in [0.717, 1.165) is 44.5 Å². The molecule has 0 radical (unpaired) electrons. The summed E-state index contributed by atoms with van der Waals surface area (Å²) in [6, 6.07) is -0.576. The number of rotatable bonds is 12. The van der Waals surface area contributed by atoms with Gasteiger partial charge in [0, 0.05) is 32.8 Å². The first-order valence-electron chi connectivity index (χ1n) is 11.3. The van der Waals surface area contributed by atoms with Crippen molar-refractivity contribution in [3.8, 4) is 0 Å². The molecule has 4 atom stereocenters. The first-order valence-corrected chi connectivity index (χ1v) is 11.3. The van der Waals surface area contributed by atoms with Crippen molar-refractivity contribution in [1.29, 1.82) is 0 Å². The fourth-order valence-corrected chi connectivity index (χ4v) is 3.98. The number of unbranched alkanes of at least 4 members (excludes halogenated alkanes) is 6. The summed E-state index contributed by atoms with van der Waals surface area (Å²) in [4.78, 5) is 13.4. The minimum Gasteiger partial charge on any atom is -0.389 e. The minimum atomic E-state index is -1.25. The van der Waals surface area contributed by atoms with E-state index in [1.807, 2.05) is 15.8 Å². The van der Waals surface area contributed by atoms with Gasteiger partial charge in [0.1, 0.15) is 12.2 Å². The first kappa shape index (κ1) is 24.7. The van der Waals surface area contributed by atoms with Crippen LogP contribution in [-0.4, -0.2) is 85.1 Å². The molecule has 1 aromatic rings. The predicted octanol–water partition coefficient (Wildman–Crippen LogP) is 0.474. The number of aliphatic hydroxyl groups excluding tert-OH is 3. The lowest BCUT2D eigenvalue weighted by Gasteiger charge is -2.27. The van der Waals surface area contributed by atoms with Crippen LogP contribution in [0.2, 0.25) is 0 Å². The highest BCUT2D eigenvalue weighted by atomic mass is 16.4. The zero-order valence-electron chi connectivity index (χ0n) is 18.4. The quantitative estimate of drug-likeness (QED) is 0.359. The third kappa shape index (κ3) is 8.29. The zero-order valence-corrected chi connectivity index (χ0v) is 18.4. The van der Waals surface area contributed by atoms with Gasteiger partial charge >= 0.3 is 0 Å². The van der Waals surface area contributed by atoms with Crippen LogP contribution in [-0.2, 0) is 17.8 Å². The lowest BCUT2D eigenvalue weighted by molar-refractivity contribution is -0.121. The van der Waals surface area contributed by atoms with E-state index in [-0.39, 0.29) is 5.91 Å². The van der Waals surface area contributed by atoms with E-state index in [1.54, 1.807) is 0 Å². The molecule has 1 fully saturated rings. The Hall–Kier alpha value is -1.55. The number of likely N-dealkylation sites (tertiary alicyclic amines) is 1. The van der Waals surface area contributed by atoms with Gasteiger partial charge in [-0.05, 0) is 25.8 Å². The molecule has 1 saturated heterocycles. The highest BCUT2D eigenvalue weighted by Crippen LogP contribution is 2.15. The molecule has 1 aliphatic heterocycles. The number of carbonyl (C=O) groups is 1. The Labute approximate surface area is 179 Å². The van der Waals surface area contributed by atoms with Crippen LogP contribution < -0.4 is 5.32 Å². The van der Waals surface area contributed by atoms with Crippen LogP contribution >= 0.6 is 0 Å². The van der Waals surface area contributed by atoms with Gasteiger partial charge in [0.2, 0.25) is 5.91 Å². The molecule has 0 bridgehead atoms. The van der Waals surface area contributed by atoms with Crippen molar-refractivity contribution in [2.45, 2.75) is 96.1 Å². The van der Waals surface area contributed by atoms with Crippen LogP contribution in [0.5, 0.6) is 0 Å². The number of aromatic nitrogens is 3. The number of β-amino-alcohol motifs (C(OH)–C–C–N with tert-alkyl or cyclic N) is 1. The van der Waals surface area contributed by atoms with E-state index >= 15 is 0 Å². The standard InChI is InChI=1S/C21H39N5O4/c1-3-17-13-26(24-23-17)12-10-8-6-4-5-7-9-11-25-14-18(22-16(2)27)20(29)21(30)19(28)15-25/h13,18-21,28-30H,3-12,14-15H2,1-2H3,(H,22,27)/t18-,19-,20+,21+/m0/s1. The van der Waals surface area contributed by atoms with Gasteiger partial charge in [-0.3, -0.25) is 14.4 Å². The third-order valence-corrected chi connectivity index (χ3v) is 5.76. The van der Waals surface area contributed by atoms with E-state index in [1.165, 1.54) is 32.6 Å². The van der Waals surface area contributed by atoms with Gasteiger partial charge in [0.05, 0.1) is 17.8 Å². The summed E-state index contributed by atoms with van der Waals surface area (Å²) < 4.78 is 1.93. The molecule has 1 amide bonds. The molecular formula is C21H39N5O4. The normalized spacial score (nSPS) is 25.2. The van der Waals surface area contributed by atoms with E-state index < -0.39 is 24.4 Å². The Balaban J connectivity index is 1.57. The molecule has 0 unspecified atom stereocenters. The average molecular weight is 426 g/mol. The van der Waals surface area contributed by atoms with Gasteiger partial charge in [-0.15, -0.1) is 5.10 Å². The Kier molecular flexibility index (Phi) is 10.7. The number of amides is 1. The number of aryl methyl sites for hydroxylation is 2. The van der Waals surface area contributed by atoms with Gasteiger partial charge < -0.3 is 20.6 Å². The number of nitrogens with zero attached hydrogens (tertiary/aromatic N) is 4. The van der Waals surface area contributed by atoms with Gasteiger partial charge in [-0.2, -0.15) is 0 Å². The highest BCUT2D eigenvalue weighted by Gasteiger charge is 2.37. The maximum atomic E-state index is 11.4. The van der Waals surface area contributed by atoms with Crippen molar-refractivity contribution in [2.75, 3.05) is 19.6 Å². The van der Waals surface area contributed by atoms with Crippen LogP contribution in [0.1, 0.15) is 64.5 Å². The van der Waals surface area contributed by atoms with Gasteiger partial charge in [0.25, 0.3) is 0 Å². The average Bonchev–Trinajstić information content (AvgIpc) is 3.14. The highest BCUT2D eigenvalue weighted by molar-refractivity contribution is 5.73. The topological polar surface area (TPSA) is 124 Å². The molecule has 1 aromatic heterocycles. The second kappa shape index (κ2) is 13.0. The zero-order chi connectivity index (χ0) is 21.9. The number of carbonyl (C=O) groups excluding carboxylic acids is 1. The summed E-state index contributed by atoms with van der Waals surface area (Å²) in [6.07, 6.45) is 7.49. The molecule has 172 valence electrons. The van der Waals surface area contributed by atoms with Crippen molar-refractivity contribution in [3.63, 3.8) is 0 Å². The second-order valence-electron chi connectivity index (χ2n) is 8.42. The largest absolute Gasteiger partial charge is 0.389 e. The van der Waals surface area contributed by atoms with Crippen molar-refractivity contribution in [2.24, 2.45) is 0 Å². The van der Waals surface area contributed by atoms with Gasteiger partial charge in [0.15, 0.2) is 0 Å². The van der Waals surface area contributed by atoms with Crippen LogP contribution in [0.4, 0.5) is 0 Å². The summed E-state index contributed by atoms with van der Waals surface area (Å²) in [5.74, 6) is -0.253. The van der Waals surface area contributed by atoms with Crippen LogP contribution in [0.15, 0.2) is 6.20 Å². The lowest BCUT2D eigenvalue weighted by Crippen LogP contribution is -2.52. The lowest BCUT2D eigenvalue weighted by atomic mass is 10.0. The fraction of sp³-hybridized carbons (Fsp3) is 0.857. The summed E-state index contributed by atoms with van der Waals surface area (Å²) >= 11 is 0. The van der Waals surface area contributed by atoms with Crippen molar-refractivity contribution < 1.29 is 20.1 Å². The van der Waals surface area contributed by atoms with E-state index in [2.05, 4.69) is 22.6 Å². The molecule has 0 spiro atoms. The van der Waals surface area contributed by atoms with Gasteiger partial charge in [-0.25, -0.2) is 0 Å². The molecule has 0 aromatic carbocycles. The smallest absolute Gasteiger partial charge is 0.217 e. The molecule has 1 aliphatic rings. The maximum Gasteiger partial charge on any atom is 0.217 e. The summed E-state index contributed by atoms with van der Waals surface area (Å²) in [6.45, 7) is 5.90. The number of nitrogens with one attached hydrogen (secondary N) is 1. The van der Waals surface area contributed by atoms with E-state index in [0.29, 0.717) is 13.1 Å². The Morgan fingerprint density at radius 3 is 2.27 bits per heavy atom. The second-order valence-corrected chi connectivity index (χ2v) is 8.42. The summed E-state index contributed by atoms with van der Waals surface area (Å²) in [5, 5.41) is 41.2. The van der Waals surface area contributed by atoms with Crippen molar-refractivity contribution in [3.05, 3.63) is 11.9 Å². The van der Waals surface area contributed by atoms with Crippen LogP contribution in [0.25, 0.3) is 0 Å². The monoisotopic (exact) mass is 425 g/mol. The minimum absolute atomic E-state index is 0.253. The first-order chi connectivity index (χ1) is 14.4. The Bertz CT molecular complexity index is 626.